The zero-order valence-corrected chi connectivity index (χ0v) is 19.0. The standard InChI is InChI=1S/C27H36N2O3/c30-20-10-2-1-9-19-28-26(31)15-7-8-16-27(32)29-21-24-13-4-3-11-22(24)17-18-23-12-5-6-14-25(23)29/h3-6,11-14,30H,1-2,7-10,15-21H2,(H,28,31). The molecule has 1 heterocycles. The zero-order chi connectivity index (χ0) is 22.6. The molecule has 0 aromatic heterocycles. The summed E-state index contributed by atoms with van der Waals surface area (Å²) in [4.78, 5) is 27.1. The number of aryl methyl sites for hydroxylation is 2. The van der Waals surface area contributed by atoms with Crippen LogP contribution < -0.4 is 10.2 Å². The van der Waals surface area contributed by atoms with Crippen LogP contribution in [0.3, 0.4) is 0 Å². The van der Waals surface area contributed by atoms with Crippen LogP contribution in [0.2, 0.25) is 0 Å². The van der Waals surface area contributed by atoms with Gasteiger partial charge in [-0.3, -0.25) is 9.59 Å². The van der Waals surface area contributed by atoms with E-state index in [1.165, 1.54) is 16.7 Å². The third kappa shape index (κ3) is 7.20. The van der Waals surface area contributed by atoms with E-state index < -0.39 is 0 Å². The number of rotatable bonds is 11. The van der Waals surface area contributed by atoms with Gasteiger partial charge in [0.25, 0.3) is 0 Å². The van der Waals surface area contributed by atoms with Crippen molar-refractivity contribution in [2.75, 3.05) is 18.1 Å². The van der Waals surface area contributed by atoms with Crippen molar-refractivity contribution in [3.63, 3.8) is 0 Å². The highest BCUT2D eigenvalue weighted by molar-refractivity contribution is 5.94. The van der Waals surface area contributed by atoms with Crippen molar-refractivity contribution in [1.82, 2.24) is 5.32 Å². The second-order valence-corrected chi connectivity index (χ2v) is 8.57. The number of hydrogen-bond donors (Lipinski definition) is 2. The van der Waals surface area contributed by atoms with Crippen molar-refractivity contribution >= 4 is 17.5 Å². The molecule has 0 bridgehead atoms. The van der Waals surface area contributed by atoms with Crippen LogP contribution in [0.15, 0.2) is 48.5 Å². The topological polar surface area (TPSA) is 69.6 Å². The number of amides is 2. The molecule has 2 amide bonds. The van der Waals surface area contributed by atoms with Gasteiger partial charge >= 0.3 is 0 Å². The Hall–Kier alpha value is -2.66. The number of aliphatic hydroxyl groups is 1. The van der Waals surface area contributed by atoms with Crippen molar-refractivity contribution < 1.29 is 14.7 Å². The third-order valence-corrected chi connectivity index (χ3v) is 6.15. The molecule has 0 atom stereocenters. The van der Waals surface area contributed by atoms with Gasteiger partial charge in [0.2, 0.25) is 11.8 Å². The maximum absolute atomic E-state index is 13.2. The lowest BCUT2D eigenvalue weighted by Gasteiger charge is -2.29. The molecule has 5 nitrogen and oxygen atoms in total. The van der Waals surface area contributed by atoms with Gasteiger partial charge in [-0.15, -0.1) is 0 Å². The van der Waals surface area contributed by atoms with Crippen LogP contribution in [0.5, 0.6) is 0 Å². The molecule has 32 heavy (non-hydrogen) atoms. The Morgan fingerprint density at radius 2 is 1.44 bits per heavy atom. The number of unbranched alkanes of at least 4 members (excludes halogenated alkanes) is 4. The van der Waals surface area contributed by atoms with Crippen LogP contribution in [0.25, 0.3) is 0 Å². The first-order valence-electron chi connectivity index (χ1n) is 12.0. The van der Waals surface area contributed by atoms with Crippen LogP contribution in [0.4, 0.5) is 5.69 Å². The molecule has 172 valence electrons. The smallest absolute Gasteiger partial charge is 0.227 e. The van der Waals surface area contributed by atoms with Gasteiger partial charge in [0.15, 0.2) is 0 Å². The molecule has 2 aromatic rings. The maximum Gasteiger partial charge on any atom is 0.227 e. The van der Waals surface area contributed by atoms with E-state index in [9.17, 15) is 9.59 Å². The van der Waals surface area contributed by atoms with Crippen molar-refractivity contribution in [1.29, 1.82) is 0 Å². The van der Waals surface area contributed by atoms with Gasteiger partial charge in [-0.2, -0.15) is 0 Å². The second kappa shape index (κ2) is 13.0. The first-order valence-corrected chi connectivity index (χ1v) is 12.0. The Kier molecular flexibility index (Phi) is 9.76. The van der Waals surface area contributed by atoms with Crippen LogP contribution in [0.1, 0.15) is 68.1 Å². The highest BCUT2D eigenvalue weighted by Crippen LogP contribution is 2.29. The third-order valence-electron chi connectivity index (χ3n) is 6.15. The molecule has 0 spiro atoms. The molecule has 1 aliphatic heterocycles. The predicted octanol–water partition coefficient (Wildman–Crippen LogP) is 4.55. The lowest BCUT2D eigenvalue weighted by molar-refractivity contribution is -0.122. The van der Waals surface area contributed by atoms with Crippen molar-refractivity contribution in [3.05, 3.63) is 65.2 Å². The molecular formula is C27H36N2O3. The fourth-order valence-corrected chi connectivity index (χ4v) is 4.29. The molecule has 0 aliphatic carbocycles. The minimum absolute atomic E-state index is 0.0603. The highest BCUT2D eigenvalue weighted by atomic mass is 16.3. The number of nitrogens with zero attached hydrogens (tertiary/aromatic N) is 1. The molecule has 0 radical (unpaired) electrons. The van der Waals surface area contributed by atoms with Crippen LogP contribution >= 0.6 is 0 Å². The van der Waals surface area contributed by atoms with Gasteiger partial charge < -0.3 is 15.3 Å². The van der Waals surface area contributed by atoms with E-state index in [0.717, 1.165) is 44.2 Å². The Bertz CT molecular complexity index is 881. The van der Waals surface area contributed by atoms with E-state index in [2.05, 4.69) is 35.6 Å². The first kappa shape index (κ1) is 24.0. The molecule has 1 aliphatic rings. The van der Waals surface area contributed by atoms with Gasteiger partial charge in [0.1, 0.15) is 0 Å². The van der Waals surface area contributed by atoms with E-state index in [1.54, 1.807) is 0 Å². The molecule has 0 saturated heterocycles. The Labute approximate surface area is 191 Å². The largest absolute Gasteiger partial charge is 0.396 e. The van der Waals surface area contributed by atoms with E-state index >= 15 is 0 Å². The summed E-state index contributed by atoms with van der Waals surface area (Å²) in [6.07, 6.45) is 8.05. The summed E-state index contributed by atoms with van der Waals surface area (Å²) in [7, 11) is 0. The van der Waals surface area contributed by atoms with Crippen molar-refractivity contribution in [3.8, 4) is 0 Å². The minimum Gasteiger partial charge on any atom is -0.396 e. The Balaban J connectivity index is 1.48. The highest BCUT2D eigenvalue weighted by Gasteiger charge is 2.22. The molecule has 0 fully saturated rings. The molecule has 2 N–H and O–H groups in total. The number of carbonyl (C=O) groups excluding carboxylic acids is 2. The minimum atomic E-state index is 0.0603. The maximum atomic E-state index is 13.2. The van der Waals surface area contributed by atoms with Crippen LogP contribution in [-0.2, 0) is 29.0 Å². The summed E-state index contributed by atoms with van der Waals surface area (Å²) in [6, 6.07) is 16.6. The number of benzene rings is 2. The monoisotopic (exact) mass is 436 g/mol. The molecule has 0 unspecified atom stereocenters. The SMILES string of the molecule is O=C(CCCCC(=O)N1Cc2ccccc2CCc2ccccc21)NCCCCCCO. The van der Waals surface area contributed by atoms with Gasteiger partial charge in [0.05, 0.1) is 6.54 Å². The zero-order valence-electron chi connectivity index (χ0n) is 19.0. The van der Waals surface area contributed by atoms with E-state index in [4.69, 9.17) is 5.11 Å². The molecule has 5 heteroatoms. The normalized spacial score (nSPS) is 13.0. The first-order chi connectivity index (χ1) is 15.7. The van der Waals surface area contributed by atoms with Crippen molar-refractivity contribution in [2.45, 2.75) is 70.8 Å². The quantitative estimate of drug-likeness (QED) is 0.508. The summed E-state index contributed by atoms with van der Waals surface area (Å²) < 4.78 is 0. The van der Waals surface area contributed by atoms with Gasteiger partial charge in [-0.25, -0.2) is 0 Å². The summed E-state index contributed by atoms with van der Waals surface area (Å²) >= 11 is 0. The molecule has 3 rings (SSSR count). The van der Waals surface area contributed by atoms with Crippen LogP contribution in [0, 0.1) is 0 Å². The number of nitrogens with one attached hydrogen (secondary N) is 1. The summed E-state index contributed by atoms with van der Waals surface area (Å²) in [6.45, 7) is 1.52. The lowest BCUT2D eigenvalue weighted by atomic mass is 9.95. The molecule has 0 saturated carbocycles. The van der Waals surface area contributed by atoms with Gasteiger partial charge in [-0.1, -0.05) is 55.3 Å². The summed E-state index contributed by atoms with van der Waals surface area (Å²) in [5.41, 5.74) is 4.77. The van der Waals surface area contributed by atoms with Gasteiger partial charge in [-0.05, 0) is 61.3 Å². The Morgan fingerprint density at radius 3 is 2.25 bits per heavy atom. The van der Waals surface area contributed by atoms with E-state index in [-0.39, 0.29) is 18.4 Å². The fraction of sp³-hybridized carbons (Fsp3) is 0.481. The van der Waals surface area contributed by atoms with Crippen molar-refractivity contribution in [2.24, 2.45) is 0 Å². The number of fused-ring (bicyclic) bond motifs is 2. The second-order valence-electron chi connectivity index (χ2n) is 8.57. The lowest BCUT2D eigenvalue weighted by Crippen LogP contribution is -2.32. The average molecular weight is 437 g/mol. The number of hydrogen-bond acceptors (Lipinski definition) is 3. The van der Waals surface area contributed by atoms with Gasteiger partial charge in [0, 0.05) is 31.7 Å². The number of carbonyl (C=O) groups is 2. The number of aliphatic hydroxyl groups excluding tert-OH is 1. The summed E-state index contributed by atoms with van der Waals surface area (Å²) in [5.74, 6) is 0.184. The van der Waals surface area contributed by atoms with Crippen LogP contribution in [-0.4, -0.2) is 30.1 Å². The molecule has 2 aromatic carbocycles. The van der Waals surface area contributed by atoms with E-state index in [1.807, 2.05) is 23.1 Å². The van der Waals surface area contributed by atoms with E-state index in [0.29, 0.717) is 38.8 Å². The molecular weight excluding hydrogens is 400 g/mol. The number of para-hydroxylation sites is 1. The Morgan fingerprint density at radius 1 is 0.781 bits per heavy atom. The summed E-state index contributed by atoms with van der Waals surface area (Å²) in [5, 5.41) is 11.7. The average Bonchev–Trinajstić information content (AvgIpc) is 2.80. The predicted molar refractivity (Wildman–Crippen MR) is 129 cm³/mol. The number of anilines is 1. The fourth-order valence-electron chi connectivity index (χ4n) is 4.29.